The van der Waals surface area contributed by atoms with Crippen molar-refractivity contribution in [2.75, 3.05) is 13.1 Å². The van der Waals surface area contributed by atoms with E-state index in [1.807, 2.05) is 36.1 Å². The van der Waals surface area contributed by atoms with Crippen LogP contribution in [0, 0.1) is 0 Å². The number of carbonyl (C=O) groups excluding carboxylic acids is 1. The molecule has 1 fully saturated rings. The van der Waals surface area contributed by atoms with E-state index in [2.05, 4.69) is 15.4 Å². The van der Waals surface area contributed by atoms with E-state index in [1.165, 1.54) is 4.68 Å². The summed E-state index contributed by atoms with van der Waals surface area (Å²) in [6.45, 7) is 4.39. The molecule has 0 aliphatic carbocycles. The number of aryl methyl sites for hydroxylation is 2. The Morgan fingerprint density at radius 2 is 2.11 bits per heavy atom. The molecule has 3 aromatic rings. The molecule has 1 aliphatic heterocycles. The predicted molar refractivity (Wildman–Crippen MR) is 104 cm³/mol. The van der Waals surface area contributed by atoms with Crippen LogP contribution in [-0.2, 0) is 24.9 Å². The van der Waals surface area contributed by atoms with Crippen molar-refractivity contribution < 1.29 is 4.79 Å². The molecule has 0 saturated carbocycles. The van der Waals surface area contributed by atoms with Crippen LogP contribution in [0.15, 0.2) is 29.1 Å². The minimum Gasteiger partial charge on any atom is -0.342 e. The first-order chi connectivity index (χ1) is 13.6. The molecule has 9 nitrogen and oxygen atoms in total. The molecule has 3 heterocycles. The average Bonchev–Trinajstić information content (AvgIpc) is 3.27. The van der Waals surface area contributed by atoms with Crippen LogP contribution in [0.3, 0.4) is 0 Å². The normalized spacial score (nSPS) is 17.4. The number of hydrogen-bond donors (Lipinski definition) is 0. The monoisotopic (exact) mass is 383 g/mol. The molecule has 2 aromatic heterocycles. The van der Waals surface area contributed by atoms with Gasteiger partial charge in [0.1, 0.15) is 11.3 Å². The standard InChI is InChI=1S/C19H25N7O2/c1-3-25-18(21-23(2)19(25)28)14-7-6-11-24(13-14)17(27)10-12-26-16-9-5-4-8-15(16)20-22-26/h4-5,8-9,14H,3,6-7,10-13H2,1-2H3. The van der Waals surface area contributed by atoms with E-state index in [-0.39, 0.29) is 17.5 Å². The molecule has 0 spiro atoms. The second-order valence-electron chi connectivity index (χ2n) is 7.24. The molecule has 0 radical (unpaired) electrons. The fourth-order valence-electron chi connectivity index (χ4n) is 3.98. The molecule has 1 amide bonds. The Labute approximate surface area is 162 Å². The molecule has 1 aliphatic rings. The summed E-state index contributed by atoms with van der Waals surface area (Å²) in [5, 5.41) is 12.7. The van der Waals surface area contributed by atoms with Crippen molar-refractivity contribution >= 4 is 16.9 Å². The number of benzene rings is 1. The molecular formula is C19H25N7O2. The van der Waals surface area contributed by atoms with Crippen molar-refractivity contribution in [2.24, 2.45) is 7.05 Å². The minimum absolute atomic E-state index is 0.0961. The maximum absolute atomic E-state index is 12.8. The molecule has 28 heavy (non-hydrogen) atoms. The van der Waals surface area contributed by atoms with E-state index < -0.39 is 0 Å². The highest BCUT2D eigenvalue weighted by Crippen LogP contribution is 2.25. The van der Waals surface area contributed by atoms with Gasteiger partial charge >= 0.3 is 5.69 Å². The number of aromatic nitrogens is 6. The van der Waals surface area contributed by atoms with Crippen LogP contribution >= 0.6 is 0 Å². The molecule has 1 aromatic carbocycles. The third kappa shape index (κ3) is 3.32. The van der Waals surface area contributed by atoms with Crippen molar-refractivity contribution in [1.82, 2.24) is 34.2 Å². The van der Waals surface area contributed by atoms with Crippen molar-refractivity contribution in [3.63, 3.8) is 0 Å². The first kappa shape index (κ1) is 18.4. The third-order valence-electron chi connectivity index (χ3n) is 5.45. The van der Waals surface area contributed by atoms with Gasteiger partial charge in [-0.3, -0.25) is 9.36 Å². The molecule has 1 unspecified atom stereocenters. The smallest absolute Gasteiger partial charge is 0.342 e. The fraction of sp³-hybridized carbons (Fsp3) is 0.526. The third-order valence-corrected chi connectivity index (χ3v) is 5.45. The summed E-state index contributed by atoms with van der Waals surface area (Å²) in [7, 11) is 1.67. The van der Waals surface area contributed by atoms with Crippen LogP contribution in [0.5, 0.6) is 0 Å². The maximum atomic E-state index is 12.8. The van der Waals surface area contributed by atoms with Crippen molar-refractivity contribution in [1.29, 1.82) is 0 Å². The topological polar surface area (TPSA) is 90.8 Å². The zero-order valence-corrected chi connectivity index (χ0v) is 16.3. The van der Waals surface area contributed by atoms with Crippen molar-refractivity contribution in [3.8, 4) is 0 Å². The van der Waals surface area contributed by atoms with E-state index in [9.17, 15) is 9.59 Å². The Balaban J connectivity index is 1.44. The van der Waals surface area contributed by atoms with Gasteiger partial charge < -0.3 is 4.90 Å². The molecule has 1 saturated heterocycles. The Bertz CT molecular complexity index is 1050. The van der Waals surface area contributed by atoms with Gasteiger partial charge in [-0.05, 0) is 31.9 Å². The summed E-state index contributed by atoms with van der Waals surface area (Å²) in [6, 6.07) is 7.74. The quantitative estimate of drug-likeness (QED) is 0.659. The Hall–Kier alpha value is -2.97. The van der Waals surface area contributed by atoms with Gasteiger partial charge in [0.25, 0.3) is 0 Å². The summed E-state index contributed by atoms with van der Waals surface area (Å²) in [4.78, 5) is 26.9. The summed E-state index contributed by atoms with van der Waals surface area (Å²) >= 11 is 0. The van der Waals surface area contributed by atoms with Crippen molar-refractivity contribution in [2.45, 2.75) is 45.2 Å². The number of amides is 1. The maximum Gasteiger partial charge on any atom is 0.345 e. The van der Waals surface area contributed by atoms with Crippen LogP contribution in [0.1, 0.15) is 37.9 Å². The van der Waals surface area contributed by atoms with Crippen LogP contribution in [0.25, 0.3) is 11.0 Å². The lowest BCUT2D eigenvalue weighted by molar-refractivity contribution is -0.132. The highest BCUT2D eigenvalue weighted by Gasteiger charge is 2.28. The molecule has 148 valence electrons. The van der Waals surface area contributed by atoms with Gasteiger partial charge in [-0.15, -0.1) is 5.10 Å². The van der Waals surface area contributed by atoms with E-state index in [1.54, 1.807) is 16.3 Å². The lowest BCUT2D eigenvalue weighted by Crippen LogP contribution is -2.40. The molecule has 4 rings (SSSR count). The number of likely N-dealkylation sites (tertiary alicyclic amines) is 1. The Kier molecular flexibility index (Phi) is 4.97. The van der Waals surface area contributed by atoms with Crippen LogP contribution in [0.4, 0.5) is 0 Å². The van der Waals surface area contributed by atoms with Gasteiger partial charge in [-0.25, -0.2) is 14.2 Å². The van der Waals surface area contributed by atoms with Crippen LogP contribution in [-0.4, -0.2) is 53.2 Å². The second kappa shape index (κ2) is 7.57. The number of para-hydroxylation sites is 1. The number of nitrogens with zero attached hydrogens (tertiary/aromatic N) is 7. The van der Waals surface area contributed by atoms with Gasteiger partial charge in [-0.2, -0.15) is 5.10 Å². The first-order valence-electron chi connectivity index (χ1n) is 9.78. The van der Waals surface area contributed by atoms with Gasteiger partial charge in [0.05, 0.1) is 12.1 Å². The largest absolute Gasteiger partial charge is 0.345 e. The molecule has 9 heteroatoms. The number of piperidine rings is 1. The van der Waals surface area contributed by atoms with Gasteiger partial charge in [0.2, 0.25) is 5.91 Å². The van der Waals surface area contributed by atoms with Crippen LogP contribution in [0.2, 0.25) is 0 Å². The van der Waals surface area contributed by atoms with E-state index >= 15 is 0 Å². The first-order valence-corrected chi connectivity index (χ1v) is 9.78. The lowest BCUT2D eigenvalue weighted by Gasteiger charge is -2.32. The zero-order valence-electron chi connectivity index (χ0n) is 16.3. The lowest BCUT2D eigenvalue weighted by atomic mass is 9.97. The van der Waals surface area contributed by atoms with E-state index in [0.29, 0.717) is 26.1 Å². The fourth-order valence-corrected chi connectivity index (χ4v) is 3.98. The van der Waals surface area contributed by atoms with Gasteiger partial charge in [-0.1, -0.05) is 17.3 Å². The van der Waals surface area contributed by atoms with E-state index in [4.69, 9.17) is 0 Å². The molecule has 1 atom stereocenters. The molecule has 0 N–H and O–H groups in total. The second-order valence-corrected chi connectivity index (χ2v) is 7.24. The number of hydrogen-bond acceptors (Lipinski definition) is 5. The van der Waals surface area contributed by atoms with Crippen molar-refractivity contribution in [3.05, 3.63) is 40.6 Å². The summed E-state index contributed by atoms with van der Waals surface area (Å²) in [5.74, 6) is 0.985. The summed E-state index contributed by atoms with van der Waals surface area (Å²) < 4.78 is 4.87. The highest BCUT2D eigenvalue weighted by atomic mass is 16.2. The zero-order chi connectivity index (χ0) is 19.7. The molecule has 0 bridgehead atoms. The summed E-state index contributed by atoms with van der Waals surface area (Å²) in [6.07, 6.45) is 2.23. The SMILES string of the molecule is CCn1c(C2CCCN(C(=O)CCn3nnc4ccccc43)C2)nn(C)c1=O. The predicted octanol–water partition coefficient (Wildman–Crippen LogP) is 1.14. The number of rotatable bonds is 5. The Morgan fingerprint density at radius 1 is 1.29 bits per heavy atom. The molecular weight excluding hydrogens is 358 g/mol. The highest BCUT2D eigenvalue weighted by molar-refractivity contribution is 5.77. The number of fused-ring (bicyclic) bond motifs is 1. The van der Waals surface area contributed by atoms with Gasteiger partial charge in [0, 0.05) is 39.0 Å². The van der Waals surface area contributed by atoms with E-state index in [0.717, 1.165) is 36.2 Å². The van der Waals surface area contributed by atoms with Crippen LogP contribution < -0.4 is 5.69 Å². The number of carbonyl (C=O) groups is 1. The van der Waals surface area contributed by atoms with Gasteiger partial charge in [0.15, 0.2) is 0 Å². The minimum atomic E-state index is -0.0981. The Morgan fingerprint density at radius 3 is 2.93 bits per heavy atom. The summed E-state index contributed by atoms with van der Waals surface area (Å²) in [5.41, 5.74) is 1.67. The average molecular weight is 383 g/mol.